The molecule has 1 atom stereocenters. The maximum Gasteiger partial charge on any atom is 0.338 e. The van der Waals surface area contributed by atoms with Gasteiger partial charge in [0.2, 0.25) is 11.9 Å². The zero-order valence-electron chi connectivity index (χ0n) is 19.3. The molecule has 1 N–H and O–H groups in total. The van der Waals surface area contributed by atoms with Crippen LogP contribution in [0.3, 0.4) is 0 Å². The van der Waals surface area contributed by atoms with Crippen LogP contribution in [0, 0.1) is 5.82 Å². The number of halogens is 1. The second-order valence-electron chi connectivity index (χ2n) is 7.82. The third kappa shape index (κ3) is 4.41. The van der Waals surface area contributed by atoms with Crippen LogP contribution < -0.4 is 10.2 Å². The maximum atomic E-state index is 13.6. The minimum atomic E-state index is -0.669. The number of hydrogen-bond donors (Lipinski definition) is 1. The molecule has 1 amide bonds. The van der Waals surface area contributed by atoms with Gasteiger partial charge in [-0.2, -0.15) is 10.1 Å². The molecular weight excluding hydrogens is 437 g/mol. The van der Waals surface area contributed by atoms with E-state index in [2.05, 4.69) is 15.4 Å². The van der Waals surface area contributed by atoms with E-state index >= 15 is 0 Å². The van der Waals surface area contributed by atoms with Crippen LogP contribution in [-0.4, -0.2) is 39.8 Å². The van der Waals surface area contributed by atoms with E-state index in [-0.39, 0.29) is 24.9 Å². The lowest BCUT2D eigenvalue weighted by molar-refractivity contribution is -0.139. The van der Waals surface area contributed by atoms with Gasteiger partial charge in [-0.1, -0.05) is 37.3 Å². The van der Waals surface area contributed by atoms with Crippen molar-refractivity contribution in [3.05, 3.63) is 83.1 Å². The molecule has 9 heteroatoms. The van der Waals surface area contributed by atoms with E-state index in [9.17, 15) is 14.0 Å². The third-order valence-electron chi connectivity index (χ3n) is 5.76. The fraction of sp³-hybridized carbons (Fsp3) is 0.280. The molecule has 176 valence electrons. The molecule has 0 saturated heterocycles. The minimum absolute atomic E-state index is 0.0817. The highest BCUT2D eigenvalue weighted by Gasteiger charge is 2.38. The first-order chi connectivity index (χ1) is 16.4. The Balaban J connectivity index is 1.72. The van der Waals surface area contributed by atoms with Gasteiger partial charge in [0.1, 0.15) is 24.7 Å². The van der Waals surface area contributed by atoms with E-state index in [1.165, 1.54) is 18.5 Å². The standard InChI is InChI=1S/C25H26FN5O3/c1-4-17-8-6-7-9-20(17)29-21(32)14-30-16(3)22(24(33)34-5-2)23(31-25(30)27-15-28-31)18-10-12-19(26)13-11-18/h6-13,15,23H,4-5,14H2,1-3H3,(H,29,32)/t23-/m1/s1. The van der Waals surface area contributed by atoms with Gasteiger partial charge in [-0.05, 0) is 49.6 Å². The molecule has 2 aromatic carbocycles. The number of aromatic nitrogens is 3. The summed E-state index contributed by atoms with van der Waals surface area (Å²) in [6, 6.07) is 12.8. The number of nitrogens with zero attached hydrogens (tertiary/aromatic N) is 4. The normalized spacial score (nSPS) is 15.2. The number of carbonyl (C=O) groups excluding carboxylic acids is 2. The fourth-order valence-electron chi connectivity index (χ4n) is 4.13. The number of hydrogen-bond acceptors (Lipinski definition) is 6. The molecule has 4 rings (SSSR count). The molecular formula is C25H26FN5O3. The van der Waals surface area contributed by atoms with E-state index in [0.717, 1.165) is 17.7 Å². The number of nitrogens with one attached hydrogen (secondary N) is 1. The second kappa shape index (κ2) is 9.86. The predicted molar refractivity (Wildman–Crippen MR) is 126 cm³/mol. The Labute approximate surface area is 197 Å². The Morgan fingerprint density at radius 2 is 1.85 bits per heavy atom. The van der Waals surface area contributed by atoms with Crippen LogP contribution in [0.5, 0.6) is 0 Å². The number of ether oxygens (including phenoxy) is 1. The first-order valence-corrected chi connectivity index (χ1v) is 11.1. The van der Waals surface area contributed by atoms with Crippen LogP contribution >= 0.6 is 0 Å². The Morgan fingerprint density at radius 1 is 1.12 bits per heavy atom. The average Bonchev–Trinajstić information content (AvgIpc) is 3.31. The lowest BCUT2D eigenvalue weighted by Gasteiger charge is -2.35. The summed E-state index contributed by atoms with van der Waals surface area (Å²) in [5, 5.41) is 7.28. The van der Waals surface area contributed by atoms with Crippen molar-refractivity contribution >= 4 is 23.5 Å². The molecule has 0 bridgehead atoms. The van der Waals surface area contributed by atoms with E-state index in [0.29, 0.717) is 22.8 Å². The van der Waals surface area contributed by atoms with Crippen LogP contribution in [0.15, 0.2) is 66.1 Å². The summed E-state index contributed by atoms with van der Waals surface area (Å²) >= 11 is 0. The number of esters is 1. The largest absolute Gasteiger partial charge is 0.463 e. The van der Waals surface area contributed by atoms with Gasteiger partial charge in [0.25, 0.3) is 0 Å². The summed E-state index contributed by atoms with van der Waals surface area (Å²) in [5.74, 6) is -0.781. The van der Waals surface area contributed by atoms with Crippen molar-refractivity contribution in [2.45, 2.75) is 33.2 Å². The number of anilines is 2. The summed E-state index contributed by atoms with van der Waals surface area (Å²) in [7, 11) is 0. The van der Waals surface area contributed by atoms with Gasteiger partial charge < -0.3 is 15.0 Å². The Hall–Kier alpha value is -4.01. The lowest BCUT2D eigenvalue weighted by Crippen LogP contribution is -2.41. The van der Waals surface area contributed by atoms with Crippen LogP contribution in [-0.2, 0) is 20.7 Å². The van der Waals surface area contributed by atoms with Gasteiger partial charge in [-0.3, -0.25) is 4.79 Å². The first-order valence-electron chi connectivity index (χ1n) is 11.1. The van der Waals surface area contributed by atoms with Crippen molar-refractivity contribution in [1.29, 1.82) is 0 Å². The number of rotatable bonds is 7. The Bertz CT molecular complexity index is 1240. The molecule has 0 spiro atoms. The van der Waals surface area contributed by atoms with E-state index in [1.54, 1.807) is 35.6 Å². The van der Waals surface area contributed by atoms with E-state index < -0.39 is 12.0 Å². The number of carbonyl (C=O) groups is 2. The topological polar surface area (TPSA) is 89.3 Å². The zero-order valence-corrected chi connectivity index (χ0v) is 19.3. The highest BCUT2D eigenvalue weighted by molar-refractivity contribution is 5.97. The number of benzene rings is 2. The maximum absolute atomic E-state index is 13.6. The van der Waals surface area contributed by atoms with Gasteiger partial charge in [0.05, 0.1) is 12.2 Å². The van der Waals surface area contributed by atoms with Crippen LogP contribution in [0.2, 0.25) is 0 Å². The third-order valence-corrected chi connectivity index (χ3v) is 5.76. The molecule has 2 heterocycles. The van der Waals surface area contributed by atoms with E-state index in [4.69, 9.17) is 4.74 Å². The molecule has 1 aliphatic rings. The monoisotopic (exact) mass is 463 g/mol. The van der Waals surface area contributed by atoms with Gasteiger partial charge in [0.15, 0.2) is 0 Å². The SMILES string of the molecule is CCOC(=O)C1=C(C)N(CC(=O)Nc2ccccc2CC)c2ncnn2[C@@H]1c1ccc(F)cc1. The van der Waals surface area contributed by atoms with Crippen LogP contribution in [0.4, 0.5) is 16.0 Å². The molecule has 8 nitrogen and oxygen atoms in total. The number of para-hydroxylation sites is 1. The number of aryl methyl sites for hydroxylation is 1. The molecule has 0 saturated carbocycles. The first kappa shape index (κ1) is 23.2. The zero-order chi connectivity index (χ0) is 24.2. The molecule has 1 aromatic heterocycles. The van der Waals surface area contributed by atoms with E-state index in [1.807, 2.05) is 31.2 Å². The molecule has 34 heavy (non-hydrogen) atoms. The minimum Gasteiger partial charge on any atom is -0.463 e. The number of allylic oxidation sites excluding steroid dienone is 1. The number of amides is 1. The summed E-state index contributed by atoms with van der Waals surface area (Å²) in [5.41, 5.74) is 3.25. The summed E-state index contributed by atoms with van der Waals surface area (Å²) in [4.78, 5) is 32.1. The average molecular weight is 464 g/mol. The van der Waals surface area contributed by atoms with Crippen molar-refractivity contribution in [1.82, 2.24) is 14.8 Å². The molecule has 0 fully saturated rings. The fourth-order valence-corrected chi connectivity index (χ4v) is 4.13. The second-order valence-corrected chi connectivity index (χ2v) is 7.82. The number of fused-ring (bicyclic) bond motifs is 1. The Morgan fingerprint density at radius 3 is 2.56 bits per heavy atom. The molecule has 3 aromatic rings. The van der Waals surface area contributed by atoms with Crippen molar-refractivity contribution < 1.29 is 18.7 Å². The van der Waals surface area contributed by atoms with Crippen LogP contribution in [0.25, 0.3) is 0 Å². The highest BCUT2D eigenvalue weighted by Crippen LogP contribution is 2.38. The summed E-state index contributed by atoms with van der Waals surface area (Å²) in [6.45, 7) is 5.59. The smallest absolute Gasteiger partial charge is 0.338 e. The summed E-state index contributed by atoms with van der Waals surface area (Å²) in [6.07, 6.45) is 2.14. The molecule has 1 aliphatic heterocycles. The molecule has 0 unspecified atom stereocenters. The van der Waals surface area contributed by atoms with Gasteiger partial charge >= 0.3 is 5.97 Å². The summed E-state index contributed by atoms with van der Waals surface area (Å²) < 4.78 is 20.5. The predicted octanol–water partition coefficient (Wildman–Crippen LogP) is 3.86. The van der Waals surface area contributed by atoms with Crippen molar-refractivity contribution in [3.63, 3.8) is 0 Å². The van der Waals surface area contributed by atoms with Gasteiger partial charge in [-0.15, -0.1) is 0 Å². The van der Waals surface area contributed by atoms with Gasteiger partial charge in [-0.25, -0.2) is 13.9 Å². The van der Waals surface area contributed by atoms with Crippen molar-refractivity contribution in [3.8, 4) is 0 Å². The van der Waals surface area contributed by atoms with Crippen molar-refractivity contribution in [2.75, 3.05) is 23.4 Å². The quantitative estimate of drug-likeness (QED) is 0.535. The van der Waals surface area contributed by atoms with Crippen LogP contribution in [0.1, 0.15) is 37.9 Å². The highest BCUT2D eigenvalue weighted by atomic mass is 19.1. The molecule has 0 aliphatic carbocycles. The van der Waals surface area contributed by atoms with Gasteiger partial charge in [0, 0.05) is 11.4 Å². The Kier molecular flexibility index (Phi) is 6.72. The lowest BCUT2D eigenvalue weighted by atomic mass is 9.95. The van der Waals surface area contributed by atoms with Crippen molar-refractivity contribution in [2.24, 2.45) is 0 Å². The molecule has 0 radical (unpaired) electrons.